The van der Waals surface area contributed by atoms with Crippen molar-refractivity contribution in [2.75, 3.05) is 0 Å². The molecule has 2 aliphatic carbocycles. The Morgan fingerprint density at radius 1 is 0.254 bits per heavy atom. The fourth-order valence-corrected chi connectivity index (χ4v) is 9.94. The van der Waals surface area contributed by atoms with Crippen LogP contribution >= 0.6 is 0 Å². The van der Waals surface area contributed by atoms with Crippen molar-refractivity contribution in [3.8, 4) is 78.4 Å². The summed E-state index contributed by atoms with van der Waals surface area (Å²) in [6.45, 7) is 0. The van der Waals surface area contributed by atoms with E-state index in [1.54, 1.807) is 0 Å². The van der Waals surface area contributed by atoms with Gasteiger partial charge in [-0.1, -0.05) is 200 Å². The predicted octanol–water partition coefficient (Wildman–Crippen LogP) is 14.3. The summed E-state index contributed by atoms with van der Waals surface area (Å²) in [6, 6.07) is 79.1. The van der Waals surface area contributed by atoms with Crippen molar-refractivity contribution >= 4 is 10.8 Å². The van der Waals surface area contributed by atoms with Gasteiger partial charge in [0.2, 0.25) is 0 Å². The lowest BCUT2D eigenvalue weighted by Gasteiger charge is -2.30. The van der Waals surface area contributed by atoms with Crippen LogP contribution in [0.4, 0.5) is 0 Å². The summed E-state index contributed by atoms with van der Waals surface area (Å²) >= 11 is 0. The summed E-state index contributed by atoms with van der Waals surface area (Å²) in [7, 11) is 0. The Labute approximate surface area is 343 Å². The first kappa shape index (κ1) is 33.5. The zero-order valence-electron chi connectivity index (χ0n) is 32.2. The van der Waals surface area contributed by atoms with E-state index in [1.165, 1.54) is 72.1 Å². The first-order valence-electron chi connectivity index (χ1n) is 20.3. The molecule has 0 radical (unpaired) electrons. The van der Waals surface area contributed by atoms with Crippen molar-refractivity contribution in [3.63, 3.8) is 0 Å². The maximum Gasteiger partial charge on any atom is 0.161 e. The van der Waals surface area contributed by atoms with Crippen LogP contribution in [0.3, 0.4) is 0 Å². The van der Waals surface area contributed by atoms with Gasteiger partial charge >= 0.3 is 0 Å². The van der Waals surface area contributed by atoms with Gasteiger partial charge in [-0.25, -0.2) is 9.97 Å². The van der Waals surface area contributed by atoms with Crippen LogP contribution in [-0.2, 0) is 5.41 Å². The number of fused-ring (bicyclic) bond motifs is 11. The van der Waals surface area contributed by atoms with E-state index in [0.717, 1.165) is 33.5 Å². The predicted molar refractivity (Wildman–Crippen MR) is 243 cm³/mol. The summed E-state index contributed by atoms with van der Waals surface area (Å²) in [5, 5.41) is 2.31. The fraction of sp³-hybridized carbons (Fsp3) is 0.0175. The third-order valence-electron chi connectivity index (χ3n) is 12.6. The highest BCUT2D eigenvalue weighted by molar-refractivity contribution is 6.04. The molecule has 0 atom stereocenters. The maximum absolute atomic E-state index is 5.30. The quantitative estimate of drug-likeness (QED) is 0.175. The second-order valence-electron chi connectivity index (χ2n) is 15.6. The first-order chi connectivity index (χ1) is 29.3. The number of hydrogen-bond acceptors (Lipinski definition) is 2. The molecule has 0 N–H and O–H groups in total. The average molecular weight is 749 g/mol. The Hall–Kier alpha value is -7.68. The number of benzene rings is 9. The average Bonchev–Trinajstić information content (AvgIpc) is 3.79. The molecule has 0 saturated heterocycles. The molecule has 0 aliphatic heterocycles. The molecule has 0 unspecified atom stereocenters. The van der Waals surface area contributed by atoms with E-state index in [1.807, 2.05) is 6.07 Å². The normalized spacial score (nSPS) is 12.9. The molecule has 2 aliphatic rings. The van der Waals surface area contributed by atoms with Gasteiger partial charge in [-0.2, -0.15) is 0 Å². The van der Waals surface area contributed by atoms with E-state index in [4.69, 9.17) is 9.97 Å². The standard InChI is InChI=1S/C57H36N2/c1-3-15-38(16-4-1)42-33-34-49(44-20-8-7-19-43(42)44)56-58-54(39-17-5-2-6-18-39)36-55(59-56)40-29-27-37(28-30-40)41-31-32-48-47-23-11-14-26-52(47)57(53(48)35-41)50-24-12-9-21-45(50)46-22-10-13-25-51(46)57/h1-36H. The molecular weight excluding hydrogens is 713 g/mol. The Balaban J connectivity index is 0.982. The molecule has 2 heteroatoms. The second-order valence-corrected chi connectivity index (χ2v) is 15.6. The number of rotatable bonds is 5. The number of hydrogen-bond donors (Lipinski definition) is 0. The summed E-state index contributed by atoms with van der Waals surface area (Å²) in [4.78, 5) is 10.5. The highest BCUT2D eigenvalue weighted by Crippen LogP contribution is 2.63. The van der Waals surface area contributed by atoms with Gasteiger partial charge in [0, 0.05) is 16.7 Å². The van der Waals surface area contributed by atoms with Crippen LogP contribution in [0, 0.1) is 0 Å². The summed E-state index contributed by atoms with van der Waals surface area (Å²) in [5.74, 6) is 0.710. The molecule has 1 aromatic heterocycles. The van der Waals surface area contributed by atoms with Crippen molar-refractivity contribution in [1.82, 2.24) is 9.97 Å². The van der Waals surface area contributed by atoms with Crippen molar-refractivity contribution < 1.29 is 0 Å². The number of nitrogens with zero attached hydrogens (tertiary/aromatic N) is 2. The second kappa shape index (κ2) is 13.2. The van der Waals surface area contributed by atoms with Crippen LogP contribution in [0.5, 0.6) is 0 Å². The Morgan fingerprint density at radius 2 is 0.661 bits per heavy atom. The molecule has 0 bridgehead atoms. The third kappa shape index (κ3) is 5.06. The van der Waals surface area contributed by atoms with Gasteiger partial charge in [0.25, 0.3) is 0 Å². The molecule has 9 aromatic carbocycles. The monoisotopic (exact) mass is 748 g/mol. The molecular formula is C57H36N2. The summed E-state index contributed by atoms with van der Waals surface area (Å²) in [5.41, 5.74) is 20.0. The van der Waals surface area contributed by atoms with E-state index < -0.39 is 0 Å². The van der Waals surface area contributed by atoms with E-state index in [0.29, 0.717) is 5.82 Å². The van der Waals surface area contributed by atoms with Crippen molar-refractivity contribution in [3.05, 3.63) is 241 Å². The smallest absolute Gasteiger partial charge is 0.161 e. The van der Waals surface area contributed by atoms with Crippen molar-refractivity contribution in [2.24, 2.45) is 0 Å². The number of aromatic nitrogens is 2. The van der Waals surface area contributed by atoms with E-state index in [-0.39, 0.29) is 5.41 Å². The summed E-state index contributed by atoms with van der Waals surface area (Å²) < 4.78 is 0. The minimum absolute atomic E-state index is 0.371. The van der Waals surface area contributed by atoms with Gasteiger partial charge in [-0.05, 0) is 95.7 Å². The molecule has 0 saturated carbocycles. The van der Waals surface area contributed by atoms with Crippen molar-refractivity contribution in [2.45, 2.75) is 5.41 Å². The largest absolute Gasteiger partial charge is 0.228 e. The SMILES string of the molecule is c1ccc(-c2cc(-c3ccc(-c4ccc5c(c4)C4(c6ccccc6-c6ccccc64)c4ccccc4-5)cc3)nc(-c3ccc(-c4ccccc4)c4ccccc34)n2)cc1. The van der Waals surface area contributed by atoms with Crippen LogP contribution in [0.2, 0.25) is 0 Å². The van der Waals surface area contributed by atoms with Gasteiger partial charge in [0.05, 0.1) is 16.8 Å². The van der Waals surface area contributed by atoms with Gasteiger partial charge in [-0.15, -0.1) is 0 Å². The molecule has 2 nitrogen and oxygen atoms in total. The van der Waals surface area contributed by atoms with E-state index in [2.05, 4.69) is 212 Å². The minimum atomic E-state index is -0.371. The van der Waals surface area contributed by atoms with Gasteiger partial charge in [0.15, 0.2) is 5.82 Å². The molecule has 1 spiro atoms. The van der Waals surface area contributed by atoms with Gasteiger partial charge < -0.3 is 0 Å². The van der Waals surface area contributed by atoms with Crippen LogP contribution in [0.25, 0.3) is 89.2 Å². The topological polar surface area (TPSA) is 25.8 Å². The summed E-state index contributed by atoms with van der Waals surface area (Å²) in [6.07, 6.45) is 0. The zero-order chi connectivity index (χ0) is 38.9. The zero-order valence-corrected chi connectivity index (χ0v) is 32.2. The highest BCUT2D eigenvalue weighted by atomic mass is 14.9. The molecule has 12 rings (SSSR count). The van der Waals surface area contributed by atoms with Gasteiger partial charge in [0.1, 0.15) is 0 Å². The maximum atomic E-state index is 5.30. The Morgan fingerprint density at radius 3 is 1.25 bits per heavy atom. The molecule has 59 heavy (non-hydrogen) atoms. The first-order valence-corrected chi connectivity index (χ1v) is 20.3. The fourth-order valence-electron chi connectivity index (χ4n) is 9.94. The lowest BCUT2D eigenvalue weighted by atomic mass is 9.70. The lowest BCUT2D eigenvalue weighted by molar-refractivity contribution is 0.794. The molecule has 1 heterocycles. The Bertz CT molecular complexity index is 3190. The highest BCUT2D eigenvalue weighted by Gasteiger charge is 2.51. The molecule has 10 aromatic rings. The Kier molecular flexibility index (Phi) is 7.48. The lowest BCUT2D eigenvalue weighted by Crippen LogP contribution is -2.25. The van der Waals surface area contributed by atoms with E-state index >= 15 is 0 Å². The molecule has 0 amide bonds. The van der Waals surface area contributed by atoms with Crippen LogP contribution in [0.1, 0.15) is 22.3 Å². The molecule has 274 valence electrons. The van der Waals surface area contributed by atoms with Crippen LogP contribution < -0.4 is 0 Å². The van der Waals surface area contributed by atoms with Crippen LogP contribution in [-0.4, -0.2) is 9.97 Å². The van der Waals surface area contributed by atoms with Crippen molar-refractivity contribution in [1.29, 1.82) is 0 Å². The third-order valence-corrected chi connectivity index (χ3v) is 12.6. The minimum Gasteiger partial charge on any atom is -0.228 e. The van der Waals surface area contributed by atoms with Gasteiger partial charge in [-0.3, -0.25) is 0 Å². The van der Waals surface area contributed by atoms with E-state index in [9.17, 15) is 0 Å². The molecule has 0 fully saturated rings. The van der Waals surface area contributed by atoms with Crippen LogP contribution in [0.15, 0.2) is 218 Å².